The molecule has 18 atom stereocenters. The van der Waals surface area contributed by atoms with Crippen LogP contribution < -0.4 is 78.2 Å². The summed E-state index contributed by atoms with van der Waals surface area (Å²) < 4.78 is 82.8. The molecule has 126 heavy (non-hydrogen) atoms. The lowest BCUT2D eigenvalue weighted by molar-refractivity contribution is -0.334. The Morgan fingerprint density at radius 3 is 2.02 bits per heavy atom. The number of nitrogens with one attached hydrogen (secondary N) is 9. The van der Waals surface area contributed by atoms with Gasteiger partial charge in [-0.15, -0.1) is 13.2 Å². The van der Waals surface area contributed by atoms with Crippen molar-refractivity contribution in [3.8, 4) is 62.9 Å². The Balaban J connectivity index is 0.969. The van der Waals surface area contributed by atoms with Gasteiger partial charge in [0.15, 0.2) is 29.9 Å². The summed E-state index contributed by atoms with van der Waals surface area (Å²) in [6.45, 7) is 5.30. The second kappa shape index (κ2) is 38.7. The van der Waals surface area contributed by atoms with Crippen LogP contribution in [0.4, 0.5) is 19.0 Å². The zero-order valence-electron chi connectivity index (χ0n) is 67.0. The largest absolute Gasteiger partial charge is 0.573 e. The van der Waals surface area contributed by atoms with Crippen LogP contribution >= 0.6 is 23.2 Å². The Morgan fingerprint density at radius 2 is 1.40 bits per heavy atom. The minimum atomic E-state index is -4.97. The number of nitrogens with zero attached hydrogens (tertiary/aromatic N) is 2. The molecule has 7 aliphatic heterocycles. The number of aliphatic hydroxyl groups is 6. The van der Waals surface area contributed by atoms with Gasteiger partial charge in [-0.05, 0) is 140 Å². The number of carboxylic acid groups (broad SMARTS) is 1. The Bertz CT molecular complexity index is 5460. The highest BCUT2D eigenvalue weighted by molar-refractivity contribution is 6.32. The van der Waals surface area contributed by atoms with Crippen LogP contribution in [0.5, 0.6) is 51.7 Å². The number of aliphatic carboxylic acids is 1. The third-order valence-corrected chi connectivity index (χ3v) is 21.9. The zero-order chi connectivity index (χ0) is 91.4. The number of phenolic OH excluding ortho intramolecular Hbond substituents is 3. The number of nitrogens with two attached hydrogens (primary N) is 1. The summed E-state index contributed by atoms with van der Waals surface area (Å²) in [6, 6.07) is 4.60. The van der Waals surface area contributed by atoms with Crippen molar-refractivity contribution >= 4 is 88.3 Å². The molecule has 0 spiro atoms. The number of fused-ring (bicyclic) bond motifs is 15. The van der Waals surface area contributed by atoms with Crippen LogP contribution in [-0.4, -0.2) is 219 Å². The van der Waals surface area contributed by atoms with Crippen LogP contribution in [0, 0.1) is 5.92 Å². The van der Waals surface area contributed by atoms with E-state index in [0.29, 0.717) is 0 Å². The van der Waals surface area contributed by atoms with Crippen molar-refractivity contribution < 1.29 is 141 Å². The number of benzene rings is 6. The molecule has 2 fully saturated rings. The van der Waals surface area contributed by atoms with E-state index in [0.717, 1.165) is 95.6 Å². The van der Waals surface area contributed by atoms with E-state index < -0.39 is 277 Å². The van der Waals surface area contributed by atoms with E-state index in [1.165, 1.54) is 50.5 Å². The van der Waals surface area contributed by atoms with Crippen molar-refractivity contribution in [1.82, 2.24) is 52.1 Å². The van der Waals surface area contributed by atoms with Crippen LogP contribution in [0.15, 0.2) is 126 Å². The number of phenols is 3. The second-order valence-corrected chi connectivity index (χ2v) is 31.6. The highest BCUT2D eigenvalue weighted by atomic mass is 35.5. The predicted octanol–water partition coefficient (Wildman–Crippen LogP) is 2.54. The van der Waals surface area contributed by atoms with E-state index in [4.69, 9.17) is 57.4 Å². The number of ether oxygens (including phenoxy) is 7. The number of carbonyl (C=O) groups excluding carboxylic acids is 8. The number of hydrogen-bond acceptors (Lipinski definition) is 29. The van der Waals surface area contributed by atoms with E-state index in [2.05, 4.69) is 57.6 Å². The Morgan fingerprint density at radius 1 is 0.746 bits per heavy atom. The number of carbonyl (C=O) groups is 9. The van der Waals surface area contributed by atoms with Gasteiger partial charge in [-0.25, -0.2) is 9.59 Å². The van der Waals surface area contributed by atoms with Crippen LogP contribution in [0.3, 0.4) is 0 Å². The normalized spacial score (nSPS) is 26.0. The topological polar surface area (TPSA) is 590 Å². The maximum Gasteiger partial charge on any atom is 0.573 e. The molecule has 44 heteroatoms. The zero-order valence-corrected chi connectivity index (χ0v) is 68.5. The smallest absolute Gasteiger partial charge is 0.508 e. The monoisotopic (exact) mass is 1800 g/mol. The standard InChI is InChI=1S/C82H87Cl2F3N12O27/c1-33(2)21-46(89-5)72(111)97-63-65(106)37-11-14-50(44(83)24-37)121-52-26-39-27-53(69(52)125-79-70(68(109)67(108)54(32-100)123-79)124-58-31-81(4,71(110)34(3)120-58)90-18-20-99-19-17-56(93-80(99)119)92-57(105)16-9-35-7-6-8-41(22-35)126-82(85,86)87)122-51-15-12-38(25-45(51)84)66(107)64-77(116)96-62(78(117)118)43-28-40(101)29-49(103)59(43)42-23-36(10-13-48(42)102)60(74(113)98-64)95-75(114)61(39)94-73(112)47(30-55(88)104)91-76(63)115/h6-17,19,22-29,33-34,46-47,54,58,60-68,70-71,79,89-90,100-103,106-110H,18,20-21,30-32H2,1-5H3,(H2,88,104)(H,91,115)(H,94,112)(H,95,114)(H,96,116)(H,97,111)(H,98,113)(H,117,118)(H,92,93,105,119)/b16-9+/t34-,46+,47+,54+,58+,60+,61?,62-,63-,64-,65-,66-,67-,68-,70-,71+,79?,81-/m1/s1. The summed E-state index contributed by atoms with van der Waals surface area (Å²) in [5.41, 5.74) is 0.483. The first-order valence-corrected chi connectivity index (χ1v) is 39.7. The average Bonchev–Trinajstić information content (AvgIpc) is 0.764. The van der Waals surface area contributed by atoms with Gasteiger partial charge in [0.25, 0.3) is 0 Å². The highest BCUT2D eigenvalue weighted by Gasteiger charge is 2.52. The van der Waals surface area contributed by atoms with Crippen LogP contribution in [0.2, 0.25) is 10.0 Å². The Hall–Kier alpha value is -12.3. The van der Waals surface area contributed by atoms with Gasteiger partial charge in [-0.3, -0.25) is 42.9 Å². The molecule has 21 N–H and O–H groups in total. The van der Waals surface area contributed by atoms with Crippen LogP contribution in [-0.2, 0) is 63.9 Å². The Labute approximate surface area is 722 Å². The molecule has 11 bridgehead atoms. The molecule has 7 aromatic rings. The number of rotatable bonds is 21. The number of hydrogen-bond donors (Lipinski definition) is 20. The molecule has 0 aliphatic carbocycles. The molecule has 0 radical (unpaired) electrons. The highest BCUT2D eigenvalue weighted by Crippen LogP contribution is 2.50. The lowest BCUT2D eigenvalue weighted by Gasteiger charge is -2.48. The molecule has 8 amide bonds. The number of primary amides is 1. The quantitative estimate of drug-likeness (QED) is 0.0460. The maximum absolute atomic E-state index is 16.2. The molecular weight excluding hydrogens is 1710 g/mol. The van der Waals surface area contributed by atoms with Crippen molar-refractivity contribution in [2.45, 2.75) is 169 Å². The van der Waals surface area contributed by atoms with E-state index >= 15 is 14.4 Å². The molecule has 7 aliphatic rings. The van der Waals surface area contributed by atoms with Gasteiger partial charge in [0, 0.05) is 60.1 Å². The number of anilines is 1. The van der Waals surface area contributed by atoms with Crippen LogP contribution in [0.1, 0.15) is 111 Å². The van der Waals surface area contributed by atoms with E-state index in [1.54, 1.807) is 20.8 Å². The molecule has 0 saturated carbocycles. The summed E-state index contributed by atoms with van der Waals surface area (Å²) in [5.74, 6) is -18.3. The first-order chi connectivity index (χ1) is 59.6. The number of alkyl halides is 3. The fraction of sp³-hybridized carbons (Fsp3) is 0.378. The number of carboxylic acids is 1. The van der Waals surface area contributed by atoms with Gasteiger partial charge >= 0.3 is 18.0 Å². The van der Waals surface area contributed by atoms with Crippen molar-refractivity contribution in [1.29, 1.82) is 0 Å². The van der Waals surface area contributed by atoms with Gasteiger partial charge in [-0.2, -0.15) is 4.98 Å². The number of aliphatic hydroxyl groups excluding tert-OH is 6. The average molecular weight is 1800 g/mol. The second-order valence-electron chi connectivity index (χ2n) is 30.8. The fourth-order valence-electron chi connectivity index (χ4n) is 14.9. The lowest BCUT2D eigenvalue weighted by Crippen LogP contribution is -2.65. The van der Waals surface area contributed by atoms with Gasteiger partial charge in [0.1, 0.15) is 101 Å². The summed E-state index contributed by atoms with van der Waals surface area (Å²) in [4.78, 5) is 148. The van der Waals surface area contributed by atoms with E-state index in [9.17, 15) is 97.8 Å². The molecule has 14 rings (SSSR count). The lowest BCUT2D eigenvalue weighted by atomic mass is 9.85. The molecule has 6 aromatic carbocycles. The van der Waals surface area contributed by atoms with Crippen molar-refractivity contribution in [2.75, 3.05) is 25.5 Å². The van der Waals surface area contributed by atoms with Crippen molar-refractivity contribution in [3.63, 3.8) is 0 Å². The maximum atomic E-state index is 16.2. The van der Waals surface area contributed by atoms with Gasteiger partial charge in [0.2, 0.25) is 59.3 Å². The van der Waals surface area contributed by atoms with E-state index in [-0.39, 0.29) is 54.4 Å². The number of amides is 8. The predicted molar refractivity (Wildman–Crippen MR) is 432 cm³/mol. The Kier molecular flexibility index (Phi) is 28.5. The molecule has 672 valence electrons. The summed E-state index contributed by atoms with van der Waals surface area (Å²) in [6.07, 6.45) is -21.5. The third kappa shape index (κ3) is 21.3. The molecule has 8 heterocycles. The van der Waals surface area contributed by atoms with Gasteiger partial charge < -0.3 is 138 Å². The molecular formula is C82H87Cl2F3N12O27. The first kappa shape index (κ1) is 92.9. The summed E-state index contributed by atoms with van der Waals surface area (Å²) in [7, 11) is 1.45. The van der Waals surface area contributed by atoms with Gasteiger partial charge in [0.05, 0.1) is 41.3 Å². The SMILES string of the molecule is CN[C@@H](CC(C)C)C(=O)N[C@H]1C(=O)N[C@@H](CC(N)=O)C(=O)NC2C(=O)N[C@@H]3C(=O)N[C@@H](C(=O)N[C@@H](C(=O)O)c4cc(O)cc(O)c4-c4cc3ccc4O)[C@H](O)c3ccc(c(Cl)c3)Oc3cc2cc(c3OC2O[C@@H](CO)[C@@H](O)[C@@H](O)[C@H]2O[C@H]2C[C@@](C)(NCCn3ccc(NC(=O)/C=C/c4cccc(OC(F)(F)F)c4)nc3=O)[C@@H](O)[C@@H](C)O2)Oc2ccc(cc2Cl)[C@H]1O. The van der Waals surface area contributed by atoms with Crippen molar-refractivity contribution in [2.24, 2.45) is 11.7 Å². The fourth-order valence-corrected chi connectivity index (χ4v) is 15.4. The number of halogens is 5. The minimum Gasteiger partial charge on any atom is -0.508 e. The number of aromatic nitrogens is 2. The summed E-state index contributed by atoms with van der Waals surface area (Å²) in [5, 5.41) is 138. The van der Waals surface area contributed by atoms with Crippen molar-refractivity contribution in [3.05, 3.63) is 175 Å². The molecule has 39 nitrogen and oxygen atoms in total. The van der Waals surface area contributed by atoms with E-state index in [1.807, 2.05) is 0 Å². The number of likely N-dealkylation sites (N-methyl/N-ethyl adjacent to an activating group) is 1. The van der Waals surface area contributed by atoms with Crippen LogP contribution in [0.25, 0.3) is 17.2 Å². The molecule has 2 unspecified atom stereocenters. The molecule has 2 saturated heterocycles. The first-order valence-electron chi connectivity index (χ1n) is 38.9. The molecule has 1 aromatic heterocycles. The summed E-state index contributed by atoms with van der Waals surface area (Å²) >= 11 is 14.3. The third-order valence-electron chi connectivity index (χ3n) is 21.3. The number of aromatic hydroxyl groups is 3. The minimum absolute atomic E-state index is 0.109. The van der Waals surface area contributed by atoms with Gasteiger partial charge in [-0.1, -0.05) is 67.4 Å².